The summed E-state index contributed by atoms with van der Waals surface area (Å²) < 4.78 is 1.20. The molecule has 0 bridgehead atoms. The third-order valence-electron chi connectivity index (χ3n) is 1.75. The standard InChI is InChI=1S/C7H6N6/c8-2-13-5(9)1-4-6(13)7(10)12-3-11-4/h1,3H,9H2,(H2,10,11,12). The first kappa shape index (κ1) is 7.36. The van der Waals surface area contributed by atoms with Crippen molar-refractivity contribution in [2.24, 2.45) is 0 Å². The molecule has 0 spiro atoms. The van der Waals surface area contributed by atoms with Crippen molar-refractivity contribution < 1.29 is 0 Å². The Morgan fingerprint density at radius 2 is 2.15 bits per heavy atom. The second kappa shape index (κ2) is 2.35. The van der Waals surface area contributed by atoms with Crippen LogP contribution in [0.2, 0.25) is 0 Å². The van der Waals surface area contributed by atoms with Gasteiger partial charge in [-0.2, -0.15) is 5.26 Å². The molecule has 0 aliphatic carbocycles. The van der Waals surface area contributed by atoms with Crippen LogP contribution >= 0.6 is 0 Å². The zero-order valence-corrected chi connectivity index (χ0v) is 6.60. The molecule has 2 rings (SSSR count). The smallest absolute Gasteiger partial charge is 0.190 e. The topological polar surface area (TPSA) is 107 Å². The van der Waals surface area contributed by atoms with Crippen LogP contribution in [0.25, 0.3) is 11.0 Å². The molecule has 13 heavy (non-hydrogen) atoms. The molecule has 0 aliphatic heterocycles. The Morgan fingerprint density at radius 1 is 1.38 bits per heavy atom. The molecule has 0 aliphatic rings. The number of anilines is 2. The van der Waals surface area contributed by atoms with Crippen LogP contribution in [0.4, 0.5) is 11.6 Å². The molecule has 4 N–H and O–H groups in total. The van der Waals surface area contributed by atoms with Gasteiger partial charge in [-0.25, -0.2) is 14.5 Å². The first-order chi connectivity index (χ1) is 6.24. The zero-order valence-electron chi connectivity index (χ0n) is 6.60. The van der Waals surface area contributed by atoms with Gasteiger partial charge in [-0.15, -0.1) is 0 Å². The molecule has 0 atom stereocenters. The summed E-state index contributed by atoms with van der Waals surface area (Å²) in [6.45, 7) is 0. The lowest BCUT2D eigenvalue weighted by atomic mass is 10.4. The number of hydrogen-bond donors (Lipinski definition) is 2. The predicted molar refractivity (Wildman–Crippen MR) is 47.4 cm³/mol. The van der Waals surface area contributed by atoms with Crippen LogP contribution in [-0.2, 0) is 0 Å². The van der Waals surface area contributed by atoms with Crippen molar-refractivity contribution in [2.45, 2.75) is 0 Å². The summed E-state index contributed by atoms with van der Waals surface area (Å²) in [5, 5.41) is 8.75. The van der Waals surface area contributed by atoms with Crippen molar-refractivity contribution in [3.63, 3.8) is 0 Å². The minimum atomic E-state index is 0.253. The van der Waals surface area contributed by atoms with E-state index in [4.69, 9.17) is 16.7 Å². The van der Waals surface area contributed by atoms with E-state index in [-0.39, 0.29) is 5.82 Å². The first-order valence-corrected chi connectivity index (χ1v) is 3.51. The Morgan fingerprint density at radius 3 is 2.85 bits per heavy atom. The van der Waals surface area contributed by atoms with E-state index in [1.54, 1.807) is 6.07 Å². The van der Waals surface area contributed by atoms with Crippen molar-refractivity contribution in [2.75, 3.05) is 11.5 Å². The molecule has 6 heteroatoms. The first-order valence-electron chi connectivity index (χ1n) is 3.51. The van der Waals surface area contributed by atoms with E-state index in [0.717, 1.165) is 0 Å². The number of nitrogens with two attached hydrogens (primary N) is 2. The highest BCUT2D eigenvalue weighted by Crippen LogP contribution is 2.21. The fraction of sp³-hybridized carbons (Fsp3) is 0. The van der Waals surface area contributed by atoms with Gasteiger partial charge in [0.2, 0.25) is 0 Å². The summed E-state index contributed by atoms with van der Waals surface area (Å²) in [7, 11) is 0. The monoisotopic (exact) mass is 174 g/mol. The summed E-state index contributed by atoms with van der Waals surface area (Å²) >= 11 is 0. The zero-order chi connectivity index (χ0) is 9.42. The summed E-state index contributed by atoms with van der Waals surface area (Å²) in [5.41, 5.74) is 12.2. The molecule has 0 saturated carbocycles. The average Bonchev–Trinajstić information content (AvgIpc) is 2.42. The Labute approximate surface area is 73.4 Å². The Bertz CT molecular complexity index is 505. The molecule has 64 valence electrons. The normalized spacial score (nSPS) is 10.1. The van der Waals surface area contributed by atoms with Gasteiger partial charge in [-0.3, -0.25) is 0 Å². The quantitative estimate of drug-likeness (QED) is 0.581. The maximum absolute atomic E-state index is 8.75. The van der Waals surface area contributed by atoms with Crippen molar-refractivity contribution >= 4 is 22.7 Å². The van der Waals surface area contributed by atoms with Gasteiger partial charge >= 0.3 is 0 Å². The number of nitriles is 1. The third kappa shape index (κ3) is 0.873. The van der Waals surface area contributed by atoms with Gasteiger partial charge in [0.25, 0.3) is 0 Å². The highest BCUT2D eigenvalue weighted by atomic mass is 15.1. The highest BCUT2D eigenvalue weighted by molar-refractivity contribution is 5.89. The second-order valence-corrected chi connectivity index (χ2v) is 2.50. The van der Waals surface area contributed by atoms with Crippen molar-refractivity contribution in [1.82, 2.24) is 14.5 Å². The van der Waals surface area contributed by atoms with Gasteiger partial charge in [0.15, 0.2) is 12.0 Å². The van der Waals surface area contributed by atoms with E-state index in [2.05, 4.69) is 9.97 Å². The summed E-state index contributed by atoms with van der Waals surface area (Å²) in [6.07, 6.45) is 3.22. The van der Waals surface area contributed by atoms with E-state index in [1.165, 1.54) is 10.9 Å². The van der Waals surface area contributed by atoms with Gasteiger partial charge in [0.1, 0.15) is 17.7 Å². The van der Waals surface area contributed by atoms with Gasteiger partial charge in [0.05, 0.1) is 5.52 Å². The van der Waals surface area contributed by atoms with Crippen molar-refractivity contribution in [3.8, 4) is 6.19 Å². The van der Waals surface area contributed by atoms with E-state index in [1.807, 2.05) is 6.19 Å². The number of nitrogens with zero attached hydrogens (tertiary/aromatic N) is 4. The van der Waals surface area contributed by atoms with Crippen LogP contribution in [0.5, 0.6) is 0 Å². The molecule has 0 amide bonds. The average molecular weight is 174 g/mol. The maximum Gasteiger partial charge on any atom is 0.190 e. The predicted octanol–water partition coefficient (Wildman–Crippen LogP) is -0.0751. The van der Waals surface area contributed by atoms with Crippen LogP contribution in [0, 0.1) is 11.5 Å². The fourth-order valence-electron chi connectivity index (χ4n) is 1.18. The molecule has 2 aromatic rings. The summed E-state index contributed by atoms with van der Waals surface area (Å²) in [6, 6.07) is 1.58. The van der Waals surface area contributed by atoms with E-state index >= 15 is 0 Å². The molecular weight excluding hydrogens is 168 g/mol. The van der Waals surface area contributed by atoms with Gasteiger partial charge < -0.3 is 11.5 Å². The molecule has 2 heterocycles. The van der Waals surface area contributed by atoms with Crippen molar-refractivity contribution in [3.05, 3.63) is 12.4 Å². The number of hydrogen-bond acceptors (Lipinski definition) is 5. The van der Waals surface area contributed by atoms with E-state index < -0.39 is 0 Å². The minimum Gasteiger partial charge on any atom is -0.384 e. The summed E-state index contributed by atoms with van der Waals surface area (Å²) in [5.74, 6) is 0.563. The molecule has 0 fully saturated rings. The van der Waals surface area contributed by atoms with E-state index in [9.17, 15) is 0 Å². The van der Waals surface area contributed by atoms with Crippen LogP contribution in [-0.4, -0.2) is 14.5 Å². The molecular formula is C7H6N6. The summed E-state index contributed by atoms with van der Waals surface area (Å²) in [4.78, 5) is 7.70. The molecule has 0 unspecified atom stereocenters. The molecule has 6 nitrogen and oxygen atoms in total. The SMILES string of the molecule is N#Cn1c(N)cc2ncnc(N)c21. The Kier molecular flexibility index (Phi) is 1.33. The van der Waals surface area contributed by atoms with Crippen LogP contribution in [0.15, 0.2) is 12.4 Å². The van der Waals surface area contributed by atoms with Gasteiger partial charge in [0, 0.05) is 6.07 Å². The Balaban J connectivity index is 2.99. The fourth-order valence-corrected chi connectivity index (χ4v) is 1.18. The van der Waals surface area contributed by atoms with Gasteiger partial charge in [-0.05, 0) is 0 Å². The largest absolute Gasteiger partial charge is 0.384 e. The number of nitrogen functional groups attached to an aromatic ring is 2. The molecule has 0 saturated heterocycles. The van der Waals surface area contributed by atoms with Gasteiger partial charge in [-0.1, -0.05) is 0 Å². The maximum atomic E-state index is 8.75. The molecule has 0 aromatic carbocycles. The molecule has 0 radical (unpaired) electrons. The van der Waals surface area contributed by atoms with E-state index in [0.29, 0.717) is 16.9 Å². The number of aromatic nitrogens is 3. The lowest BCUT2D eigenvalue weighted by Gasteiger charge is -1.96. The lowest BCUT2D eigenvalue weighted by Crippen LogP contribution is -1.99. The molecule has 2 aromatic heterocycles. The van der Waals surface area contributed by atoms with Crippen LogP contribution in [0.1, 0.15) is 0 Å². The lowest BCUT2D eigenvalue weighted by molar-refractivity contribution is 1.14. The van der Waals surface area contributed by atoms with Crippen molar-refractivity contribution in [1.29, 1.82) is 5.26 Å². The van der Waals surface area contributed by atoms with Crippen LogP contribution in [0.3, 0.4) is 0 Å². The number of rotatable bonds is 0. The van der Waals surface area contributed by atoms with Crippen LogP contribution < -0.4 is 11.5 Å². The number of fused-ring (bicyclic) bond motifs is 1. The second-order valence-electron chi connectivity index (χ2n) is 2.50. The minimum absolute atomic E-state index is 0.253. The Hall–Kier alpha value is -2.29. The highest BCUT2D eigenvalue weighted by Gasteiger charge is 2.09. The third-order valence-corrected chi connectivity index (χ3v) is 1.75.